The van der Waals surface area contributed by atoms with Crippen LogP contribution in [0, 0.1) is 0 Å². The van der Waals surface area contributed by atoms with Crippen LogP contribution in [0.15, 0.2) is 64.4 Å². The Balaban J connectivity index is 1.64. The molecule has 38 heavy (non-hydrogen) atoms. The smallest absolute Gasteiger partial charge is 0.353 e. The first kappa shape index (κ1) is 29.7. The molecule has 1 atom stereocenters. The molecule has 1 heterocycles. The van der Waals surface area contributed by atoms with E-state index < -0.39 is 49.8 Å². The molecule has 1 fully saturated rings. The molecule has 1 aliphatic rings. The van der Waals surface area contributed by atoms with Crippen molar-refractivity contribution in [2.45, 2.75) is 23.5 Å². The molecule has 0 aliphatic carbocycles. The third kappa shape index (κ3) is 7.85. The third-order valence-corrected chi connectivity index (χ3v) is 8.32. The van der Waals surface area contributed by atoms with Crippen molar-refractivity contribution in [1.29, 1.82) is 0 Å². The van der Waals surface area contributed by atoms with Crippen molar-refractivity contribution in [3.63, 3.8) is 0 Å². The minimum Gasteiger partial charge on any atom is -0.353 e. The van der Waals surface area contributed by atoms with Crippen LogP contribution in [0.25, 0.3) is 6.08 Å². The first-order valence-corrected chi connectivity index (χ1v) is 14.9. The van der Waals surface area contributed by atoms with Crippen LogP contribution in [0.3, 0.4) is 0 Å². The van der Waals surface area contributed by atoms with Gasteiger partial charge in [0.15, 0.2) is 0 Å². The van der Waals surface area contributed by atoms with Crippen molar-refractivity contribution in [2.24, 2.45) is 0 Å². The van der Waals surface area contributed by atoms with E-state index >= 15 is 0 Å². The van der Waals surface area contributed by atoms with Gasteiger partial charge in [-0.15, -0.1) is 0 Å². The van der Waals surface area contributed by atoms with Gasteiger partial charge in [-0.3, -0.25) is 19.3 Å². The van der Waals surface area contributed by atoms with E-state index in [1.807, 2.05) is 6.07 Å². The van der Waals surface area contributed by atoms with E-state index in [0.717, 1.165) is 40.4 Å². The predicted molar refractivity (Wildman–Crippen MR) is 141 cm³/mol. The number of nitrogens with zero attached hydrogens (tertiary/aromatic N) is 1. The number of alkyl halides is 3. The number of hydrogen-bond donors (Lipinski definition) is 2. The van der Waals surface area contributed by atoms with Gasteiger partial charge < -0.3 is 5.32 Å². The molecule has 0 radical (unpaired) electrons. The number of nitrogens with one attached hydrogen (secondary N) is 2. The Morgan fingerprint density at radius 1 is 1.13 bits per heavy atom. The van der Waals surface area contributed by atoms with Crippen molar-refractivity contribution in [3.8, 4) is 0 Å². The van der Waals surface area contributed by atoms with Gasteiger partial charge in [0.1, 0.15) is 6.04 Å². The van der Waals surface area contributed by atoms with E-state index in [4.69, 9.17) is 0 Å². The van der Waals surface area contributed by atoms with Gasteiger partial charge in [0, 0.05) is 13.1 Å². The summed E-state index contributed by atoms with van der Waals surface area (Å²) in [6, 6.07) is 10.9. The quantitative estimate of drug-likeness (QED) is 0.383. The molecular weight excluding hydrogens is 563 g/mol. The molecule has 2 aromatic carbocycles. The summed E-state index contributed by atoms with van der Waals surface area (Å²) in [5.74, 6) is -0.861. The molecule has 1 aliphatic heterocycles. The lowest BCUT2D eigenvalue weighted by Crippen LogP contribution is -2.48. The summed E-state index contributed by atoms with van der Waals surface area (Å²) < 4.78 is 66.8. The van der Waals surface area contributed by atoms with Crippen molar-refractivity contribution in [1.82, 2.24) is 14.9 Å². The maximum absolute atomic E-state index is 13.0. The SMILES string of the molecule is CSCCC(NS(=O)(=O)c1cccc(C(F)(F)F)c1)C(=O)NCCN1C(=O)SC(=Cc2ccccc2)C1=O. The number of thioether (sulfide) groups is 2. The summed E-state index contributed by atoms with van der Waals surface area (Å²) in [5.41, 5.74) is -0.389. The van der Waals surface area contributed by atoms with Crippen LogP contribution in [0.5, 0.6) is 0 Å². The summed E-state index contributed by atoms with van der Waals surface area (Å²) >= 11 is 2.12. The lowest BCUT2D eigenvalue weighted by Gasteiger charge is -2.20. The first-order chi connectivity index (χ1) is 17.9. The molecule has 14 heteroatoms. The molecule has 1 saturated heterocycles. The van der Waals surface area contributed by atoms with Crippen molar-refractivity contribution in [2.75, 3.05) is 25.1 Å². The van der Waals surface area contributed by atoms with Crippen LogP contribution in [-0.4, -0.2) is 61.5 Å². The Morgan fingerprint density at radius 3 is 2.50 bits per heavy atom. The Bertz CT molecular complexity index is 1320. The van der Waals surface area contributed by atoms with Gasteiger partial charge in [-0.25, -0.2) is 8.42 Å². The normalized spacial score (nSPS) is 16.2. The standard InChI is InChI=1S/C24H24F3N3O5S3/c1-36-13-10-19(29-38(34,35)18-9-5-8-17(15-18)24(25,26)27)21(31)28-11-12-30-22(32)20(37-23(30)33)14-16-6-3-2-4-7-16/h2-9,14-15,19,29H,10-13H2,1H3,(H,28,31). The number of carbonyl (C=O) groups is 3. The van der Waals surface area contributed by atoms with E-state index in [1.165, 1.54) is 11.8 Å². The molecule has 0 spiro atoms. The van der Waals surface area contributed by atoms with Gasteiger partial charge in [0.05, 0.1) is 15.4 Å². The summed E-state index contributed by atoms with van der Waals surface area (Å²) in [7, 11) is -4.46. The second kappa shape index (κ2) is 12.8. The summed E-state index contributed by atoms with van der Waals surface area (Å²) in [5, 5.41) is 2.00. The van der Waals surface area contributed by atoms with E-state index in [0.29, 0.717) is 11.8 Å². The van der Waals surface area contributed by atoms with Gasteiger partial charge in [0.25, 0.3) is 11.1 Å². The molecule has 0 saturated carbocycles. The monoisotopic (exact) mass is 587 g/mol. The number of hydrogen-bond acceptors (Lipinski definition) is 7. The second-order valence-corrected chi connectivity index (χ2v) is 11.7. The van der Waals surface area contributed by atoms with Crippen LogP contribution in [0.1, 0.15) is 17.5 Å². The van der Waals surface area contributed by atoms with Gasteiger partial charge in [-0.05, 0) is 60.0 Å². The average molecular weight is 588 g/mol. The minimum absolute atomic E-state index is 0.0621. The minimum atomic E-state index is -4.74. The summed E-state index contributed by atoms with van der Waals surface area (Å²) in [6.45, 7) is -0.283. The molecule has 2 aromatic rings. The molecular formula is C24H24F3N3O5S3. The highest BCUT2D eigenvalue weighted by Gasteiger charge is 2.35. The van der Waals surface area contributed by atoms with E-state index in [2.05, 4.69) is 10.0 Å². The van der Waals surface area contributed by atoms with Crippen molar-refractivity contribution in [3.05, 3.63) is 70.6 Å². The fourth-order valence-electron chi connectivity index (χ4n) is 3.38. The first-order valence-electron chi connectivity index (χ1n) is 11.2. The zero-order valence-electron chi connectivity index (χ0n) is 20.0. The van der Waals surface area contributed by atoms with Gasteiger partial charge in [-0.2, -0.15) is 29.7 Å². The number of carbonyl (C=O) groups excluding carboxylic acids is 3. The van der Waals surface area contributed by atoms with Crippen LogP contribution >= 0.6 is 23.5 Å². The summed E-state index contributed by atoms with van der Waals surface area (Å²) in [4.78, 5) is 38.3. The molecule has 0 aromatic heterocycles. The number of benzene rings is 2. The molecule has 0 bridgehead atoms. The third-order valence-electron chi connectivity index (χ3n) is 5.30. The van der Waals surface area contributed by atoms with Crippen LogP contribution in [0.4, 0.5) is 18.0 Å². The van der Waals surface area contributed by atoms with E-state index in [1.54, 1.807) is 36.6 Å². The zero-order chi connectivity index (χ0) is 27.9. The largest absolute Gasteiger partial charge is 0.416 e. The van der Waals surface area contributed by atoms with Gasteiger partial charge in [0.2, 0.25) is 15.9 Å². The topological polar surface area (TPSA) is 113 Å². The molecule has 8 nitrogen and oxygen atoms in total. The number of amides is 3. The maximum atomic E-state index is 13.0. The fraction of sp³-hybridized carbons (Fsp3) is 0.292. The highest BCUT2D eigenvalue weighted by Crippen LogP contribution is 2.32. The van der Waals surface area contributed by atoms with Crippen LogP contribution in [-0.2, 0) is 25.8 Å². The molecule has 1 unspecified atom stereocenters. The number of rotatable bonds is 11. The lowest BCUT2D eigenvalue weighted by molar-refractivity contribution is -0.137. The highest BCUT2D eigenvalue weighted by molar-refractivity contribution is 8.18. The Hall–Kier alpha value is -2.81. The molecule has 3 rings (SSSR count). The van der Waals surface area contributed by atoms with Crippen LogP contribution in [0.2, 0.25) is 0 Å². The Morgan fingerprint density at radius 2 is 1.84 bits per heavy atom. The Labute approximate surface area is 226 Å². The van der Waals surface area contributed by atoms with E-state index in [9.17, 15) is 36.0 Å². The predicted octanol–water partition coefficient (Wildman–Crippen LogP) is 3.96. The zero-order valence-corrected chi connectivity index (χ0v) is 22.5. The number of sulfonamides is 1. The van der Waals surface area contributed by atoms with Crippen molar-refractivity contribution < 1.29 is 36.0 Å². The van der Waals surface area contributed by atoms with Gasteiger partial charge >= 0.3 is 6.18 Å². The molecule has 3 amide bonds. The van der Waals surface area contributed by atoms with E-state index in [-0.39, 0.29) is 24.4 Å². The van der Waals surface area contributed by atoms with Crippen LogP contribution < -0.4 is 10.0 Å². The summed E-state index contributed by atoms with van der Waals surface area (Å²) in [6.07, 6.45) is -1.34. The lowest BCUT2D eigenvalue weighted by atomic mass is 10.2. The molecule has 204 valence electrons. The number of halogens is 3. The fourth-order valence-corrected chi connectivity index (χ4v) is 5.99. The number of imide groups is 1. The maximum Gasteiger partial charge on any atom is 0.416 e. The highest BCUT2D eigenvalue weighted by atomic mass is 32.2. The molecule has 2 N–H and O–H groups in total. The van der Waals surface area contributed by atoms with Crippen molar-refractivity contribution >= 4 is 56.7 Å². The average Bonchev–Trinajstić information content (AvgIpc) is 3.13. The second-order valence-electron chi connectivity index (χ2n) is 8.02. The Kier molecular flexibility index (Phi) is 10.0. The van der Waals surface area contributed by atoms with Gasteiger partial charge in [-0.1, -0.05) is 36.4 Å².